The van der Waals surface area contributed by atoms with Gasteiger partial charge in [0.15, 0.2) is 0 Å². The van der Waals surface area contributed by atoms with Crippen LogP contribution in [0.5, 0.6) is 0 Å². The van der Waals surface area contributed by atoms with Crippen LogP contribution >= 0.6 is 0 Å². The molecule has 2 heterocycles. The van der Waals surface area contributed by atoms with Gasteiger partial charge < -0.3 is 9.47 Å². The molecule has 3 nitrogen and oxygen atoms in total. The summed E-state index contributed by atoms with van der Waals surface area (Å²) in [5, 5.41) is 1.06. The van der Waals surface area contributed by atoms with Crippen molar-refractivity contribution in [1.29, 1.82) is 0 Å². The van der Waals surface area contributed by atoms with Crippen LogP contribution in [0.3, 0.4) is 0 Å². The van der Waals surface area contributed by atoms with Crippen molar-refractivity contribution in [3.05, 3.63) is 35.8 Å². The van der Waals surface area contributed by atoms with Crippen molar-refractivity contribution < 1.29 is 4.39 Å². The number of piperazine rings is 1. The number of hydrogen-bond acceptors (Lipinski definition) is 2. The fourth-order valence-corrected chi connectivity index (χ4v) is 2.98. The molecule has 1 aliphatic rings. The lowest BCUT2D eigenvalue weighted by Gasteiger charge is -2.32. The van der Waals surface area contributed by atoms with Gasteiger partial charge in [-0.25, -0.2) is 4.39 Å². The van der Waals surface area contributed by atoms with Crippen LogP contribution in [0, 0.1) is 5.82 Å². The van der Waals surface area contributed by atoms with Crippen molar-refractivity contribution in [3.8, 4) is 0 Å². The number of aromatic nitrogens is 1. The molecule has 20 heavy (non-hydrogen) atoms. The Kier molecular flexibility index (Phi) is 3.76. The van der Waals surface area contributed by atoms with Gasteiger partial charge in [-0.1, -0.05) is 0 Å². The van der Waals surface area contributed by atoms with Gasteiger partial charge in [-0.2, -0.15) is 0 Å². The highest BCUT2D eigenvalue weighted by molar-refractivity contribution is 5.84. The molecule has 0 radical (unpaired) electrons. The molecule has 0 saturated carbocycles. The van der Waals surface area contributed by atoms with Gasteiger partial charge in [0.05, 0.1) is 0 Å². The first-order valence-electron chi connectivity index (χ1n) is 7.35. The van der Waals surface area contributed by atoms with E-state index >= 15 is 0 Å². The Labute approximate surface area is 119 Å². The van der Waals surface area contributed by atoms with E-state index in [4.69, 9.17) is 0 Å². The second-order valence-electron chi connectivity index (χ2n) is 5.68. The zero-order valence-corrected chi connectivity index (χ0v) is 12.3. The fraction of sp³-hybridized carbons (Fsp3) is 0.500. The number of fused-ring (bicyclic) bond motifs is 1. The zero-order valence-electron chi connectivity index (χ0n) is 12.3. The normalized spacial score (nSPS) is 17.9. The SMILES string of the molecule is CCn1cc(CN2CCN(C)CC2)c2cc(F)ccc21. The monoisotopic (exact) mass is 275 g/mol. The number of benzene rings is 1. The molecule has 108 valence electrons. The molecule has 0 atom stereocenters. The Bertz CT molecular complexity index is 597. The van der Waals surface area contributed by atoms with E-state index < -0.39 is 0 Å². The summed E-state index contributed by atoms with van der Waals surface area (Å²) < 4.78 is 15.7. The highest BCUT2D eigenvalue weighted by atomic mass is 19.1. The van der Waals surface area contributed by atoms with Crippen LogP contribution in [-0.4, -0.2) is 47.6 Å². The van der Waals surface area contributed by atoms with Crippen molar-refractivity contribution in [2.75, 3.05) is 33.2 Å². The summed E-state index contributed by atoms with van der Waals surface area (Å²) in [7, 11) is 2.16. The number of nitrogens with zero attached hydrogens (tertiary/aromatic N) is 3. The van der Waals surface area contributed by atoms with Crippen molar-refractivity contribution in [2.24, 2.45) is 0 Å². The van der Waals surface area contributed by atoms with Gasteiger partial charge in [0.25, 0.3) is 0 Å². The maximum absolute atomic E-state index is 13.5. The molecule has 0 amide bonds. The van der Waals surface area contributed by atoms with E-state index in [1.807, 2.05) is 6.07 Å². The van der Waals surface area contributed by atoms with E-state index in [0.717, 1.165) is 50.2 Å². The molecule has 1 saturated heterocycles. The summed E-state index contributed by atoms with van der Waals surface area (Å²) in [6.45, 7) is 8.37. The van der Waals surface area contributed by atoms with Gasteiger partial charge in [-0.3, -0.25) is 4.90 Å². The minimum atomic E-state index is -0.147. The van der Waals surface area contributed by atoms with E-state index in [2.05, 4.69) is 34.5 Å². The number of halogens is 1. The summed E-state index contributed by atoms with van der Waals surface area (Å²) in [6.07, 6.45) is 2.18. The summed E-state index contributed by atoms with van der Waals surface area (Å²) in [5.74, 6) is -0.147. The molecule has 3 rings (SSSR count). The van der Waals surface area contributed by atoms with Crippen molar-refractivity contribution in [1.82, 2.24) is 14.4 Å². The minimum Gasteiger partial charge on any atom is -0.347 e. The third kappa shape index (κ3) is 2.58. The lowest BCUT2D eigenvalue weighted by Crippen LogP contribution is -2.43. The van der Waals surface area contributed by atoms with E-state index in [0.29, 0.717) is 0 Å². The number of rotatable bonds is 3. The molecule has 0 aliphatic carbocycles. The van der Waals surface area contributed by atoms with Crippen LogP contribution in [-0.2, 0) is 13.1 Å². The van der Waals surface area contributed by atoms with Crippen molar-refractivity contribution >= 4 is 10.9 Å². The van der Waals surface area contributed by atoms with Gasteiger partial charge in [0.2, 0.25) is 0 Å². The van der Waals surface area contributed by atoms with Crippen molar-refractivity contribution in [3.63, 3.8) is 0 Å². The summed E-state index contributed by atoms with van der Waals surface area (Å²) in [4.78, 5) is 4.81. The third-order valence-electron chi connectivity index (χ3n) is 4.26. The van der Waals surface area contributed by atoms with Crippen molar-refractivity contribution in [2.45, 2.75) is 20.0 Å². The molecule has 0 spiro atoms. The summed E-state index contributed by atoms with van der Waals surface area (Å²) in [6, 6.07) is 5.11. The Morgan fingerprint density at radius 3 is 2.60 bits per heavy atom. The first-order chi connectivity index (χ1) is 9.67. The van der Waals surface area contributed by atoms with Crippen LogP contribution < -0.4 is 0 Å². The topological polar surface area (TPSA) is 11.4 Å². The maximum Gasteiger partial charge on any atom is 0.123 e. The molecule has 1 aliphatic heterocycles. The number of aryl methyl sites for hydroxylation is 1. The minimum absolute atomic E-state index is 0.147. The lowest BCUT2D eigenvalue weighted by molar-refractivity contribution is 0.148. The standard InChI is InChI=1S/C16H22FN3/c1-3-20-12-13(11-19-8-6-18(2)7-9-19)15-10-14(17)4-5-16(15)20/h4-5,10,12H,3,6-9,11H2,1-2H3. The van der Waals surface area contributed by atoms with E-state index in [1.165, 1.54) is 5.56 Å². The predicted molar refractivity (Wildman–Crippen MR) is 80.3 cm³/mol. The van der Waals surface area contributed by atoms with Gasteiger partial charge in [0, 0.05) is 56.4 Å². The molecule has 0 N–H and O–H groups in total. The zero-order chi connectivity index (χ0) is 14.1. The Morgan fingerprint density at radius 1 is 1.15 bits per heavy atom. The molecular weight excluding hydrogens is 253 g/mol. The van der Waals surface area contributed by atoms with Crippen LogP contribution in [0.25, 0.3) is 10.9 Å². The van der Waals surface area contributed by atoms with Gasteiger partial charge >= 0.3 is 0 Å². The molecule has 1 aromatic heterocycles. The lowest BCUT2D eigenvalue weighted by atomic mass is 10.1. The second kappa shape index (κ2) is 5.54. The van der Waals surface area contributed by atoms with Gasteiger partial charge in [0.1, 0.15) is 5.82 Å². The Morgan fingerprint density at radius 2 is 1.90 bits per heavy atom. The quantitative estimate of drug-likeness (QED) is 0.853. The van der Waals surface area contributed by atoms with Crippen LogP contribution in [0.15, 0.2) is 24.4 Å². The van der Waals surface area contributed by atoms with E-state index in [-0.39, 0.29) is 5.82 Å². The maximum atomic E-state index is 13.5. The average molecular weight is 275 g/mol. The summed E-state index contributed by atoms with van der Waals surface area (Å²) >= 11 is 0. The smallest absolute Gasteiger partial charge is 0.123 e. The molecule has 2 aromatic rings. The Hall–Kier alpha value is -1.39. The fourth-order valence-electron chi connectivity index (χ4n) is 2.98. The molecule has 1 aromatic carbocycles. The first-order valence-corrected chi connectivity index (χ1v) is 7.35. The largest absolute Gasteiger partial charge is 0.347 e. The second-order valence-corrected chi connectivity index (χ2v) is 5.68. The molecule has 0 bridgehead atoms. The summed E-state index contributed by atoms with van der Waals surface area (Å²) in [5.41, 5.74) is 2.38. The van der Waals surface area contributed by atoms with Crippen LogP contribution in [0.2, 0.25) is 0 Å². The van der Waals surface area contributed by atoms with E-state index in [1.54, 1.807) is 12.1 Å². The van der Waals surface area contributed by atoms with E-state index in [9.17, 15) is 4.39 Å². The van der Waals surface area contributed by atoms with Gasteiger partial charge in [-0.15, -0.1) is 0 Å². The highest BCUT2D eigenvalue weighted by Crippen LogP contribution is 2.24. The predicted octanol–water partition coefficient (Wildman–Crippen LogP) is 2.55. The van der Waals surface area contributed by atoms with Crippen LogP contribution in [0.4, 0.5) is 4.39 Å². The number of likely N-dealkylation sites (N-methyl/N-ethyl adjacent to an activating group) is 1. The average Bonchev–Trinajstić information content (AvgIpc) is 2.79. The molecular formula is C16H22FN3. The molecule has 4 heteroatoms. The Balaban J connectivity index is 1.89. The molecule has 0 unspecified atom stereocenters. The van der Waals surface area contributed by atoms with Crippen LogP contribution in [0.1, 0.15) is 12.5 Å². The number of hydrogen-bond donors (Lipinski definition) is 0. The highest BCUT2D eigenvalue weighted by Gasteiger charge is 2.16. The first kappa shape index (κ1) is 13.6. The molecule has 1 fully saturated rings. The third-order valence-corrected chi connectivity index (χ3v) is 4.26. The van der Waals surface area contributed by atoms with Gasteiger partial charge in [-0.05, 0) is 37.7 Å².